The van der Waals surface area contributed by atoms with Gasteiger partial charge in [-0.15, -0.1) is 11.8 Å². The smallest absolute Gasteiger partial charge is 0.186 e. The van der Waals surface area contributed by atoms with Gasteiger partial charge in [0.25, 0.3) is 0 Å². The van der Waals surface area contributed by atoms with Crippen molar-refractivity contribution < 1.29 is 9.53 Å². The molecule has 1 saturated heterocycles. The zero-order valence-corrected chi connectivity index (χ0v) is 18.6. The van der Waals surface area contributed by atoms with Crippen molar-refractivity contribution in [3.8, 4) is 0 Å². The first-order valence-corrected chi connectivity index (χ1v) is 12.2. The van der Waals surface area contributed by atoms with Crippen LogP contribution in [0.5, 0.6) is 0 Å². The maximum atomic E-state index is 13.1. The van der Waals surface area contributed by atoms with E-state index in [4.69, 9.17) is 4.74 Å². The number of ketones is 1. The van der Waals surface area contributed by atoms with Crippen LogP contribution in [0.15, 0.2) is 143 Å². The number of fused-ring (bicyclic) bond motifs is 6. The Morgan fingerprint density at radius 2 is 1.61 bits per heavy atom. The second-order valence-electron chi connectivity index (χ2n) is 8.79. The monoisotopic (exact) mass is 444 g/mol. The first-order chi connectivity index (χ1) is 16.3. The molecule has 0 spiro atoms. The van der Waals surface area contributed by atoms with Crippen molar-refractivity contribution in [3.63, 3.8) is 0 Å². The van der Waals surface area contributed by atoms with E-state index in [1.807, 2.05) is 23.9 Å². The molecule has 1 unspecified atom stereocenters. The van der Waals surface area contributed by atoms with Crippen LogP contribution in [-0.2, 0) is 14.9 Å². The van der Waals surface area contributed by atoms with Crippen LogP contribution >= 0.6 is 11.8 Å². The number of thioether (sulfide) groups is 1. The molecule has 3 heteroatoms. The normalized spacial score (nSPS) is 23.8. The highest BCUT2D eigenvalue weighted by atomic mass is 32.2. The molecule has 2 aliphatic heterocycles. The van der Waals surface area contributed by atoms with E-state index in [2.05, 4.69) is 78.9 Å². The maximum absolute atomic E-state index is 13.1. The molecular formula is C30H20O2S. The Bertz CT molecular complexity index is 1390. The van der Waals surface area contributed by atoms with Crippen LogP contribution < -0.4 is 0 Å². The predicted molar refractivity (Wildman–Crippen MR) is 133 cm³/mol. The third-order valence-electron chi connectivity index (χ3n) is 7.21. The van der Waals surface area contributed by atoms with Crippen molar-refractivity contribution in [1.29, 1.82) is 0 Å². The molecule has 2 heterocycles. The zero-order chi connectivity index (χ0) is 22.0. The molecule has 3 aliphatic carbocycles. The number of carbonyl (C=O) groups is 1. The van der Waals surface area contributed by atoms with Gasteiger partial charge in [-0.05, 0) is 52.2 Å². The lowest BCUT2D eigenvalue weighted by Gasteiger charge is -2.38. The van der Waals surface area contributed by atoms with Crippen LogP contribution in [0, 0.1) is 0 Å². The van der Waals surface area contributed by atoms with Gasteiger partial charge in [0.15, 0.2) is 5.78 Å². The molecule has 1 fully saturated rings. The topological polar surface area (TPSA) is 26.3 Å². The number of hydrogen-bond donors (Lipinski definition) is 0. The molecular weight excluding hydrogens is 424 g/mol. The minimum atomic E-state index is -0.337. The van der Waals surface area contributed by atoms with Gasteiger partial charge in [0.05, 0.1) is 16.9 Å². The summed E-state index contributed by atoms with van der Waals surface area (Å²) < 4.78 is 6.32. The molecule has 0 radical (unpaired) electrons. The average Bonchev–Trinajstić information content (AvgIpc) is 3.46. The third kappa shape index (κ3) is 2.49. The van der Waals surface area contributed by atoms with E-state index in [1.54, 1.807) is 12.3 Å². The second kappa shape index (κ2) is 6.97. The Kier molecular flexibility index (Phi) is 4.00. The summed E-state index contributed by atoms with van der Waals surface area (Å²) in [6.45, 7) is 0. The third-order valence-corrected chi connectivity index (χ3v) is 8.61. The van der Waals surface area contributed by atoms with E-state index in [0.29, 0.717) is 0 Å². The molecule has 7 rings (SSSR count). The standard InChI is InChI=1S/C30H20O2S/c31-24-15-7-9-19-17-23-22-14-8-16-32-28(22)27-29(26(23)25(19)24)33-18-30(27,20-10-3-1-4-11-20)21-12-5-2-6-13-21/h1-17,29H,18H2. The lowest BCUT2D eigenvalue weighted by atomic mass is 9.65. The molecule has 2 aromatic rings. The zero-order valence-electron chi connectivity index (χ0n) is 17.8. The largest absolute Gasteiger partial charge is 0.464 e. The van der Waals surface area contributed by atoms with E-state index >= 15 is 0 Å². The van der Waals surface area contributed by atoms with Gasteiger partial charge >= 0.3 is 0 Å². The quantitative estimate of drug-likeness (QED) is 0.558. The van der Waals surface area contributed by atoms with Crippen molar-refractivity contribution in [1.82, 2.24) is 0 Å². The average molecular weight is 445 g/mol. The van der Waals surface area contributed by atoms with Crippen LogP contribution in [0.25, 0.3) is 0 Å². The molecule has 5 aliphatic rings. The van der Waals surface area contributed by atoms with Gasteiger partial charge in [-0.25, -0.2) is 0 Å². The first kappa shape index (κ1) is 19.0. The van der Waals surface area contributed by atoms with E-state index in [-0.39, 0.29) is 16.4 Å². The van der Waals surface area contributed by atoms with E-state index in [0.717, 1.165) is 39.4 Å². The molecule has 1 atom stereocenters. The summed E-state index contributed by atoms with van der Waals surface area (Å²) >= 11 is 1.92. The Hall–Kier alpha value is -3.56. The van der Waals surface area contributed by atoms with Gasteiger partial charge in [-0.3, -0.25) is 4.79 Å². The minimum Gasteiger partial charge on any atom is -0.464 e. The number of benzene rings is 2. The molecule has 0 aromatic heterocycles. The summed E-state index contributed by atoms with van der Waals surface area (Å²) in [5, 5.41) is 0.0617. The van der Waals surface area contributed by atoms with E-state index < -0.39 is 0 Å². The summed E-state index contributed by atoms with van der Waals surface area (Å²) in [6, 6.07) is 21.5. The Morgan fingerprint density at radius 1 is 0.879 bits per heavy atom. The minimum absolute atomic E-state index is 0.0617. The van der Waals surface area contributed by atoms with Crippen LogP contribution in [0.3, 0.4) is 0 Å². The summed E-state index contributed by atoms with van der Waals surface area (Å²) in [7, 11) is 0. The fourth-order valence-corrected chi connectivity index (χ4v) is 7.64. The molecule has 33 heavy (non-hydrogen) atoms. The highest BCUT2D eigenvalue weighted by Crippen LogP contribution is 2.62. The summed E-state index contributed by atoms with van der Waals surface area (Å²) in [5.74, 6) is 1.93. The van der Waals surface area contributed by atoms with Gasteiger partial charge in [0.2, 0.25) is 0 Å². The van der Waals surface area contributed by atoms with Crippen LogP contribution in [0.4, 0.5) is 0 Å². The van der Waals surface area contributed by atoms with Gasteiger partial charge in [0, 0.05) is 22.5 Å². The highest BCUT2D eigenvalue weighted by molar-refractivity contribution is 8.00. The summed E-state index contributed by atoms with van der Waals surface area (Å²) in [6.07, 6.45) is 13.6. The number of allylic oxidation sites excluding steroid dienone is 9. The molecule has 0 bridgehead atoms. The number of carbonyl (C=O) groups excluding carboxylic acids is 1. The van der Waals surface area contributed by atoms with E-state index in [1.165, 1.54) is 16.7 Å². The molecule has 2 aromatic carbocycles. The maximum Gasteiger partial charge on any atom is 0.186 e. The van der Waals surface area contributed by atoms with Crippen LogP contribution in [0.2, 0.25) is 0 Å². The Morgan fingerprint density at radius 3 is 2.33 bits per heavy atom. The second-order valence-corrected chi connectivity index (χ2v) is 9.88. The van der Waals surface area contributed by atoms with Crippen LogP contribution in [-0.4, -0.2) is 16.8 Å². The first-order valence-electron chi connectivity index (χ1n) is 11.2. The lowest BCUT2D eigenvalue weighted by Crippen LogP contribution is -2.35. The van der Waals surface area contributed by atoms with Gasteiger partial charge in [0.1, 0.15) is 5.76 Å². The molecule has 158 valence electrons. The van der Waals surface area contributed by atoms with Crippen molar-refractivity contribution >= 4 is 17.5 Å². The fourth-order valence-electron chi connectivity index (χ4n) is 5.85. The SMILES string of the molecule is O=C1C=CC=C2C=C3C4=CC=COC4=C4C(SCC4(c4ccccc4)c4ccccc4)C3=C12. The highest BCUT2D eigenvalue weighted by Gasteiger charge is 2.55. The molecule has 0 saturated carbocycles. The van der Waals surface area contributed by atoms with Crippen molar-refractivity contribution in [2.24, 2.45) is 0 Å². The number of hydrogen-bond acceptors (Lipinski definition) is 3. The Balaban J connectivity index is 1.57. The van der Waals surface area contributed by atoms with Crippen molar-refractivity contribution in [3.05, 3.63) is 154 Å². The van der Waals surface area contributed by atoms with E-state index in [9.17, 15) is 4.79 Å². The number of rotatable bonds is 2. The van der Waals surface area contributed by atoms with Crippen LogP contribution in [0.1, 0.15) is 11.1 Å². The Labute approximate surface area is 197 Å². The molecule has 0 N–H and O–H groups in total. The lowest BCUT2D eigenvalue weighted by molar-refractivity contribution is -0.111. The predicted octanol–water partition coefficient (Wildman–Crippen LogP) is 6.13. The van der Waals surface area contributed by atoms with Gasteiger partial charge in [-0.2, -0.15) is 0 Å². The van der Waals surface area contributed by atoms with Gasteiger partial charge < -0.3 is 4.74 Å². The fraction of sp³-hybridized carbons (Fsp3) is 0.100. The van der Waals surface area contributed by atoms with Crippen molar-refractivity contribution in [2.75, 3.05) is 5.75 Å². The van der Waals surface area contributed by atoms with Gasteiger partial charge in [-0.1, -0.05) is 72.8 Å². The molecule has 2 nitrogen and oxygen atoms in total. The summed E-state index contributed by atoms with van der Waals surface area (Å²) in [5.41, 5.74) is 8.66. The summed E-state index contributed by atoms with van der Waals surface area (Å²) in [4.78, 5) is 13.1. The molecule has 0 amide bonds. The van der Waals surface area contributed by atoms with Crippen molar-refractivity contribution in [2.45, 2.75) is 10.7 Å². The number of ether oxygens (including phenoxy) is 1.